The van der Waals surface area contributed by atoms with Crippen LogP contribution in [0.5, 0.6) is 0 Å². The zero-order valence-corrected chi connectivity index (χ0v) is 17.4. The summed E-state index contributed by atoms with van der Waals surface area (Å²) in [6, 6.07) is 0. The minimum atomic E-state index is 0.306. The van der Waals surface area contributed by atoms with Gasteiger partial charge in [0, 0.05) is 62.6 Å². The maximum absolute atomic E-state index is 4.94. The van der Waals surface area contributed by atoms with E-state index in [1.165, 1.54) is 70.3 Å². The molecule has 3 heterocycles. The van der Waals surface area contributed by atoms with Crippen molar-refractivity contribution in [1.82, 2.24) is 19.8 Å². The number of aromatic nitrogens is 2. The number of anilines is 2. The molecule has 1 saturated carbocycles. The van der Waals surface area contributed by atoms with E-state index in [0.29, 0.717) is 5.54 Å². The van der Waals surface area contributed by atoms with Crippen LogP contribution in [0, 0.1) is 13.8 Å². The average Bonchev–Trinajstić information content (AvgIpc) is 3.36. The van der Waals surface area contributed by atoms with Crippen molar-refractivity contribution in [3.05, 3.63) is 11.3 Å². The molecule has 3 aliphatic rings. The van der Waals surface area contributed by atoms with Crippen LogP contribution in [0.4, 0.5) is 11.8 Å². The van der Waals surface area contributed by atoms with Crippen LogP contribution in [-0.4, -0.2) is 78.2 Å². The van der Waals surface area contributed by atoms with Crippen molar-refractivity contribution in [2.75, 3.05) is 63.1 Å². The molecule has 0 atom stereocenters. The Balaban J connectivity index is 1.50. The third kappa shape index (κ3) is 3.92. The Bertz CT molecular complexity index is 640. The topological polar surface area (TPSA) is 47.5 Å². The highest BCUT2D eigenvalue weighted by Crippen LogP contribution is 2.36. The van der Waals surface area contributed by atoms with Gasteiger partial charge < -0.3 is 15.1 Å². The molecule has 0 radical (unpaired) electrons. The van der Waals surface area contributed by atoms with Gasteiger partial charge in [-0.25, -0.2) is 4.98 Å². The molecular weight excluding hydrogens is 336 g/mol. The number of nitrogens with zero attached hydrogens (tertiary/aromatic N) is 5. The van der Waals surface area contributed by atoms with Crippen LogP contribution >= 0.6 is 0 Å². The van der Waals surface area contributed by atoms with Gasteiger partial charge in [0.15, 0.2) is 0 Å². The van der Waals surface area contributed by atoms with Gasteiger partial charge >= 0.3 is 0 Å². The van der Waals surface area contributed by atoms with E-state index in [9.17, 15) is 0 Å². The van der Waals surface area contributed by atoms with E-state index in [4.69, 9.17) is 9.97 Å². The van der Waals surface area contributed by atoms with Gasteiger partial charge in [0.2, 0.25) is 5.95 Å². The standard InChI is InChI=1S/C21H36N6/c1-17-18(2)23-20(26-10-6-7-11-26)24-19(17)22-16-21(8-4-5-9-21)27-14-12-25(3)13-15-27/h4-16H2,1-3H3,(H,22,23,24). The highest BCUT2D eigenvalue weighted by molar-refractivity contribution is 5.51. The predicted octanol–water partition coefficient (Wildman–Crippen LogP) is 2.67. The minimum absolute atomic E-state index is 0.306. The van der Waals surface area contributed by atoms with Crippen molar-refractivity contribution >= 4 is 11.8 Å². The van der Waals surface area contributed by atoms with E-state index in [1.807, 2.05) is 0 Å². The molecule has 0 spiro atoms. The first-order valence-corrected chi connectivity index (χ1v) is 10.9. The van der Waals surface area contributed by atoms with E-state index in [0.717, 1.165) is 37.1 Å². The Hall–Kier alpha value is -1.40. The Morgan fingerprint density at radius 1 is 0.889 bits per heavy atom. The highest BCUT2D eigenvalue weighted by Gasteiger charge is 2.40. The van der Waals surface area contributed by atoms with E-state index in [1.54, 1.807) is 0 Å². The van der Waals surface area contributed by atoms with Gasteiger partial charge in [0.1, 0.15) is 5.82 Å². The molecule has 0 amide bonds. The fourth-order valence-electron chi connectivity index (χ4n) is 5.01. The summed E-state index contributed by atoms with van der Waals surface area (Å²) < 4.78 is 0. The SMILES string of the molecule is Cc1nc(N2CCCC2)nc(NCC2(N3CCN(C)CC3)CCCC2)c1C. The second-order valence-corrected chi connectivity index (χ2v) is 8.85. The molecule has 6 nitrogen and oxygen atoms in total. The number of hydrogen-bond acceptors (Lipinski definition) is 6. The van der Waals surface area contributed by atoms with Gasteiger partial charge in [-0.2, -0.15) is 4.98 Å². The second kappa shape index (κ2) is 7.92. The summed E-state index contributed by atoms with van der Waals surface area (Å²) in [5.41, 5.74) is 2.61. The molecule has 2 aliphatic heterocycles. The molecule has 27 heavy (non-hydrogen) atoms. The van der Waals surface area contributed by atoms with Crippen molar-refractivity contribution in [1.29, 1.82) is 0 Å². The molecule has 1 aliphatic carbocycles. The number of hydrogen-bond donors (Lipinski definition) is 1. The lowest BCUT2D eigenvalue weighted by molar-refractivity contribution is 0.0510. The maximum atomic E-state index is 4.94. The quantitative estimate of drug-likeness (QED) is 0.857. The molecule has 2 saturated heterocycles. The summed E-state index contributed by atoms with van der Waals surface area (Å²) in [5, 5.41) is 3.78. The fraction of sp³-hybridized carbons (Fsp3) is 0.810. The largest absolute Gasteiger partial charge is 0.368 e. The van der Waals surface area contributed by atoms with Crippen LogP contribution in [0.15, 0.2) is 0 Å². The van der Waals surface area contributed by atoms with Crippen molar-refractivity contribution in [2.24, 2.45) is 0 Å². The summed E-state index contributed by atoms with van der Waals surface area (Å²) in [5.74, 6) is 1.96. The van der Waals surface area contributed by atoms with E-state index in [2.05, 4.69) is 40.9 Å². The molecule has 0 aromatic carbocycles. The summed E-state index contributed by atoms with van der Waals surface area (Å²) >= 11 is 0. The van der Waals surface area contributed by atoms with Crippen LogP contribution < -0.4 is 10.2 Å². The van der Waals surface area contributed by atoms with Crippen LogP contribution in [0.2, 0.25) is 0 Å². The fourth-order valence-corrected chi connectivity index (χ4v) is 5.01. The van der Waals surface area contributed by atoms with Crippen molar-refractivity contribution < 1.29 is 0 Å². The molecule has 1 aromatic rings. The monoisotopic (exact) mass is 372 g/mol. The van der Waals surface area contributed by atoms with Gasteiger partial charge in [-0.3, -0.25) is 4.90 Å². The number of aryl methyl sites for hydroxylation is 1. The summed E-state index contributed by atoms with van der Waals surface area (Å²) in [6.45, 7) is 12.2. The third-order valence-corrected chi connectivity index (χ3v) is 7.06. The average molecular weight is 373 g/mol. The molecule has 1 N–H and O–H groups in total. The second-order valence-electron chi connectivity index (χ2n) is 8.85. The predicted molar refractivity (Wildman–Crippen MR) is 112 cm³/mol. The van der Waals surface area contributed by atoms with Crippen molar-refractivity contribution in [2.45, 2.75) is 57.9 Å². The van der Waals surface area contributed by atoms with E-state index < -0.39 is 0 Å². The first-order valence-electron chi connectivity index (χ1n) is 10.9. The summed E-state index contributed by atoms with van der Waals surface area (Å²) in [7, 11) is 2.24. The molecule has 1 aromatic heterocycles. The lowest BCUT2D eigenvalue weighted by atomic mass is 9.93. The zero-order valence-electron chi connectivity index (χ0n) is 17.4. The lowest BCUT2D eigenvalue weighted by Crippen LogP contribution is -2.58. The first-order chi connectivity index (χ1) is 13.1. The van der Waals surface area contributed by atoms with Gasteiger partial charge in [-0.05, 0) is 46.6 Å². The Morgan fingerprint density at radius 3 is 2.22 bits per heavy atom. The molecule has 4 rings (SSSR count). The number of nitrogens with one attached hydrogen (secondary N) is 1. The number of piperazine rings is 1. The molecule has 0 bridgehead atoms. The Morgan fingerprint density at radius 2 is 1.56 bits per heavy atom. The molecular formula is C21H36N6. The van der Waals surface area contributed by atoms with E-state index in [-0.39, 0.29) is 0 Å². The molecule has 6 heteroatoms. The molecule has 3 fully saturated rings. The number of rotatable bonds is 5. The zero-order chi connectivity index (χ0) is 18.9. The van der Waals surface area contributed by atoms with Gasteiger partial charge in [0.05, 0.1) is 0 Å². The maximum Gasteiger partial charge on any atom is 0.227 e. The molecule has 150 valence electrons. The van der Waals surface area contributed by atoms with Crippen LogP contribution in [0.3, 0.4) is 0 Å². The van der Waals surface area contributed by atoms with Crippen LogP contribution in [-0.2, 0) is 0 Å². The summed E-state index contributed by atoms with van der Waals surface area (Å²) in [4.78, 5) is 17.3. The number of likely N-dealkylation sites (N-methyl/N-ethyl adjacent to an activating group) is 1. The minimum Gasteiger partial charge on any atom is -0.368 e. The Kier molecular flexibility index (Phi) is 5.55. The van der Waals surface area contributed by atoms with Gasteiger partial charge in [-0.15, -0.1) is 0 Å². The van der Waals surface area contributed by atoms with Crippen molar-refractivity contribution in [3.8, 4) is 0 Å². The highest BCUT2D eigenvalue weighted by atomic mass is 15.3. The van der Waals surface area contributed by atoms with E-state index >= 15 is 0 Å². The van der Waals surface area contributed by atoms with Crippen LogP contribution in [0.25, 0.3) is 0 Å². The third-order valence-electron chi connectivity index (χ3n) is 7.06. The smallest absolute Gasteiger partial charge is 0.227 e. The Labute approximate surface area is 164 Å². The first kappa shape index (κ1) is 18.9. The van der Waals surface area contributed by atoms with Crippen molar-refractivity contribution in [3.63, 3.8) is 0 Å². The van der Waals surface area contributed by atoms with Gasteiger partial charge in [0.25, 0.3) is 0 Å². The summed E-state index contributed by atoms with van der Waals surface area (Å²) in [6.07, 6.45) is 7.85. The molecule has 0 unspecified atom stereocenters. The normalized spacial score (nSPS) is 23.9. The van der Waals surface area contributed by atoms with Crippen LogP contribution in [0.1, 0.15) is 49.8 Å². The van der Waals surface area contributed by atoms with Gasteiger partial charge in [-0.1, -0.05) is 12.8 Å². The lowest BCUT2D eigenvalue weighted by Gasteiger charge is -2.45.